The summed E-state index contributed by atoms with van der Waals surface area (Å²) in [5.74, 6) is -0.217. The summed E-state index contributed by atoms with van der Waals surface area (Å²) in [5, 5.41) is 0. The van der Waals surface area contributed by atoms with Crippen LogP contribution in [0, 0.1) is 5.82 Å². The van der Waals surface area contributed by atoms with Crippen LogP contribution in [-0.4, -0.2) is 6.61 Å². The predicted molar refractivity (Wildman–Crippen MR) is 79.5 cm³/mol. The van der Waals surface area contributed by atoms with Gasteiger partial charge in [-0.3, -0.25) is 0 Å². The third-order valence-electron chi connectivity index (χ3n) is 2.43. The molecule has 0 bridgehead atoms. The van der Waals surface area contributed by atoms with Crippen LogP contribution in [0.5, 0.6) is 0 Å². The Bertz CT molecular complexity index is 510. The van der Waals surface area contributed by atoms with E-state index < -0.39 is 0 Å². The fraction of sp³-hybridized carbons (Fsp3) is 0.231. The van der Waals surface area contributed by atoms with Gasteiger partial charge in [0.15, 0.2) is 0 Å². The molecule has 96 valence electrons. The van der Waals surface area contributed by atoms with Crippen molar-refractivity contribution in [3.05, 3.63) is 54.8 Å². The molecule has 0 radical (unpaired) electrons. The molecule has 0 saturated carbocycles. The molecule has 0 atom stereocenters. The average molecular weight is 394 g/mol. The maximum absolute atomic E-state index is 12.7. The molecule has 2 rings (SSSR count). The van der Waals surface area contributed by atoms with Crippen LogP contribution in [0.25, 0.3) is 0 Å². The molecule has 1 heterocycles. The van der Waals surface area contributed by atoms with Crippen molar-refractivity contribution >= 4 is 43.2 Å². The lowest BCUT2D eigenvalue weighted by Gasteiger charge is -2.04. The van der Waals surface area contributed by atoms with Crippen molar-refractivity contribution in [3.63, 3.8) is 0 Å². The topological polar surface area (TPSA) is 9.23 Å². The third-order valence-corrected chi connectivity index (χ3v) is 4.89. The fourth-order valence-electron chi connectivity index (χ4n) is 1.50. The van der Waals surface area contributed by atoms with Gasteiger partial charge in [-0.05, 0) is 67.6 Å². The number of hydrogen-bond acceptors (Lipinski definition) is 2. The van der Waals surface area contributed by atoms with Gasteiger partial charge in [0.2, 0.25) is 0 Å². The van der Waals surface area contributed by atoms with E-state index in [1.807, 2.05) is 0 Å². The van der Waals surface area contributed by atoms with Gasteiger partial charge < -0.3 is 4.74 Å². The highest BCUT2D eigenvalue weighted by molar-refractivity contribution is 9.12. The second-order valence-electron chi connectivity index (χ2n) is 3.78. The maximum atomic E-state index is 12.7. The minimum absolute atomic E-state index is 0.217. The van der Waals surface area contributed by atoms with Crippen LogP contribution in [0.3, 0.4) is 0 Å². The van der Waals surface area contributed by atoms with E-state index in [1.54, 1.807) is 23.5 Å². The van der Waals surface area contributed by atoms with E-state index in [-0.39, 0.29) is 5.82 Å². The maximum Gasteiger partial charge on any atom is 0.123 e. The molecular formula is C13H11Br2FOS. The van der Waals surface area contributed by atoms with E-state index >= 15 is 0 Å². The van der Waals surface area contributed by atoms with E-state index in [2.05, 4.69) is 37.9 Å². The van der Waals surface area contributed by atoms with Gasteiger partial charge in [0.25, 0.3) is 0 Å². The van der Waals surface area contributed by atoms with E-state index in [0.717, 1.165) is 19.6 Å². The second-order valence-corrected chi connectivity index (χ2v) is 7.53. The lowest BCUT2D eigenvalue weighted by Crippen LogP contribution is -1.98. The molecule has 0 aliphatic heterocycles. The number of rotatable bonds is 5. The van der Waals surface area contributed by atoms with Crippen LogP contribution >= 0.6 is 43.2 Å². The van der Waals surface area contributed by atoms with Crippen LogP contribution < -0.4 is 0 Å². The molecule has 18 heavy (non-hydrogen) atoms. The number of thiophene rings is 1. The van der Waals surface area contributed by atoms with E-state index in [9.17, 15) is 4.39 Å². The molecule has 0 fully saturated rings. The molecule has 0 amide bonds. The SMILES string of the molecule is Fc1ccc(COCCc2cc(Br)sc2Br)cc1. The number of hydrogen-bond donors (Lipinski definition) is 0. The Labute approximate surface area is 126 Å². The summed E-state index contributed by atoms with van der Waals surface area (Å²) in [6.07, 6.45) is 0.865. The first kappa shape index (κ1) is 14.2. The Morgan fingerprint density at radius 3 is 2.50 bits per heavy atom. The molecule has 0 saturated heterocycles. The van der Waals surface area contributed by atoms with Crippen molar-refractivity contribution < 1.29 is 9.13 Å². The minimum atomic E-state index is -0.217. The first-order chi connectivity index (χ1) is 8.65. The van der Waals surface area contributed by atoms with Crippen molar-refractivity contribution in [1.82, 2.24) is 0 Å². The molecule has 0 unspecified atom stereocenters. The Balaban J connectivity index is 1.76. The van der Waals surface area contributed by atoms with Gasteiger partial charge in [-0.15, -0.1) is 11.3 Å². The highest BCUT2D eigenvalue weighted by atomic mass is 79.9. The van der Waals surface area contributed by atoms with Gasteiger partial charge in [-0.25, -0.2) is 4.39 Å². The largest absolute Gasteiger partial charge is 0.376 e. The zero-order valence-electron chi connectivity index (χ0n) is 9.46. The average Bonchev–Trinajstić information content (AvgIpc) is 2.66. The Morgan fingerprint density at radius 2 is 1.89 bits per heavy atom. The van der Waals surface area contributed by atoms with Gasteiger partial charge >= 0.3 is 0 Å². The molecule has 2 aromatic rings. The van der Waals surface area contributed by atoms with Crippen LogP contribution in [0.1, 0.15) is 11.1 Å². The Hall–Kier alpha value is -0.230. The zero-order chi connectivity index (χ0) is 13.0. The van der Waals surface area contributed by atoms with Gasteiger partial charge in [-0.1, -0.05) is 12.1 Å². The molecule has 0 N–H and O–H groups in total. The highest BCUT2D eigenvalue weighted by Crippen LogP contribution is 2.32. The van der Waals surface area contributed by atoms with Crippen LogP contribution in [-0.2, 0) is 17.8 Å². The van der Waals surface area contributed by atoms with Crippen molar-refractivity contribution in [2.45, 2.75) is 13.0 Å². The van der Waals surface area contributed by atoms with Gasteiger partial charge in [0.05, 0.1) is 20.8 Å². The third kappa shape index (κ3) is 4.16. The summed E-state index contributed by atoms with van der Waals surface area (Å²) in [5.41, 5.74) is 2.23. The van der Waals surface area contributed by atoms with Gasteiger partial charge in [-0.2, -0.15) is 0 Å². The van der Waals surface area contributed by atoms with Gasteiger partial charge in [0.1, 0.15) is 5.82 Å². The number of benzene rings is 1. The molecule has 1 aromatic carbocycles. The molecule has 1 nitrogen and oxygen atoms in total. The predicted octanol–water partition coefficient (Wildman–Crippen LogP) is 5.17. The monoisotopic (exact) mass is 392 g/mol. The second kappa shape index (κ2) is 6.80. The molecule has 0 aliphatic carbocycles. The Morgan fingerprint density at radius 1 is 1.17 bits per heavy atom. The number of ether oxygens (including phenoxy) is 1. The lowest BCUT2D eigenvalue weighted by atomic mass is 10.2. The summed E-state index contributed by atoms with van der Waals surface area (Å²) < 4.78 is 20.5. The quantitative estimate of drug-likeness (QED) is 0.636. The first-order valence-corrected chi connectivity index (χ1v) is 7.81. The van der Waals surface area contributed by atoms with Gasteiger partial charge in [0, 0.05) is 0 Å². The van der Waals surface area contributed by atoms with E-state index in [4.69, 9.17) is 4.74 Å². The Kier molecular flexibility index (Phi) is 5.36. The molecule has 0 spiro atoms. The number of halogens is 3. The van der Waals surface area contributed by atoms with Crippen LogP contribution in [0.4, 0.5) is 4.39 Å². The fourth-order valence-corrected chi connectivity index (χ4v) is 4.41. The van der Waals surface area contributed by atoms with E-state index in [1.165, 1.54) is 17.7 Å². The summed E-state index contributed by atoms with van der Waals surface area (Å²) in [6.45, 7) is 1.17. The van der Waals surface area contributed by atoms with Crippen molar-refractivity contribution in [2.24, 2.45) is 0 Å². The van der Waals surface area contributed by atoms with Crippen LogP contribution in [0.2, 0.25) is 0 Å². The standard InChI is InChI=1S/C13H11Br2FOS/c14-12-7-10(13(15)18-12)5-6-17-8-9-1-3-11(16)4-2-9/h1-4,7H,5-6,8H2. The van der Waals surface area contributed by atoms with Crippen LogP contribution in [0.15, 0.2) is 37.9 Å². The van der Waals surface area contributed by atoms with Crippen molar-refractivity contribution in [3.8, 4) is 0 Å². The summed E-state index contributed by atoms with van der Waals surface area (Å²) in [7, 11) is 0. The zero-order valence-corrected chi connectivity index (χ0v) is 13.4. The minimum Gasteiger partial charge on any atom is -0.376 e. The molecule has 0 aliphatic rings. The molecular weight excluding hydrogens is 383 g/mol. The summed E-state index contributed by atoms with van der Waals surface area (Å²) in [4.78, 5) is 0. The summed E-state index contributed by atoms with van der Waals surface area (Å²) >= 11 is 8.62. The summed E-state index contributed by atoms with van der Waals surface area (Å²) in [6, 6.07) is 8.48. The lowest BCUT2D eigenvalue weighted by molar-refractivity contribution is 0.124. The van der Waals surface area contributed by atoms with E-state index in [0.29, 0.717) is 13.2 Å². The van der Waals surface area contributed by atoms with Crippen molar-refractivity contribution in [2.75, 3.05) is 6.61 Å². The smallest absolute Gasteiger partial charge is 0.123 e. The molecule has 1 aromatic heterocycles. The normalized spacial score (nSPS) is 10.8. The van der Waals surface area contributed by atoms with Crippen molar-refractivity contribution in [1.29, 1.82) is 0 Å². The molecule has 5 heteroatoms. The first-order valence-electron chi connectivity index (χ1n) is 5.41. The highest BCUT2D eigenvalue weighted by Gasteiger charge is 2.04.